The maximum absolute atomic E-state index is 17.7. The van der Waals surface area contributed by atoms with Crippen LogP contribution < -0.4 is 0 Å². The molecule has 12 aliphatic carbocycles. The van der Waals surface area contributed by atoms with E-state index in [1.807, 2.05) is 0 Å². The Labute approximate surface area is 676 Å². The summed E-state index contributed by atoms with van der Waals surface area (Å²) in [6.45, 7) is 30.6. The Morgan fingerprint density at radius 2 is 0.500 bits per heavy atom. The predicted octanol–water partition coefficient (Wildman–Crippen LogP) is 0.643. The zero-order chi connectivity index (χ0) is 84.4. The molecule has 6 saturated heterocycles. The number of carbonyl (C=O) groups is 6. The number of carbonyl (C=O) groups excluding carboxylic acids is 6. The van der Waals surface area contributed by atoms with Crippen LogP contribution in [0.15, 0.2) is 106 Å². The first kappa shape index (κ1) is 75.1. The summed E-state index contributed by atoms with van der Waals surface area (Å²) >= 11 is 0. The zero-order valence-electron chi connectivity index (χ0n) is 66.1. The van der Waals surface area contributed by atoms with Gasteiger partial charge in [-0.3, -0.25) is 28.8 Å². The first-order chi connectivity index (χ1) is 56.2. The second kappa shape index (κ2) is 21.1. The van der Waals surface area contributed by atoms with Crippen LogP contribution in [0.2, 0.25) is 0 Å². The Morgan fingerprint density at radius 1 is 0.292 bits per heavy atom. The fraction of sp³-hybridized carbons (Fsp3) is 0.692. The molecule has 42 nitrogen and oxygen atoms in total. The smallest absolute Gasteiger partial charge is 0.336 e. The van der Waals surface area contributed by atoms with Crippen molar-refractivity contribution < 1.29 is 202 Å². The van der Waals surface area contributed by atoms with Gasteiger partial charge < -0.3 is 173 Å². The van der Waals surface area contributed by atoms with Crippen LogP contribution in [0.5, 0.6) is 0 Å². The van der Waals surface area contributed by atoms with Gasteiger partial charge >= 0.3 is 35.8 Å². The van der Waals surface area contributed by atoms with Gasteiger partial charge in [-0.2, -0.15) is 0 Å². The quantitative estimate of drug-likeness (QED) is 0.0638. The highest BCUT2D eigenvalue weighted by Crippen LogP contribution is 2.79. The highest BCUT2D eigenvalue weighted by atomic mass is 16.9. The third-order valence-electron chi connectivity index (χ3n) is 28.9. The first-order valence-electron chi connectivity index (χ1n) is 39.7. The number of ether oxygens (including phenoxy) is 30. The molecule has 6 N–H and O–H groups in total. The second-order valence-electron chi connectivity index (χ2n) is 35.2. The number of fused-ring (bicyclic) bond motifs is 12. The van der Waals surface area contributed by atoms with Gasteiger partial charge in [-0.15, -0.1) is 0 Å². The maximum atomic E-state index is 17.7. The molecule has 42 heteroatoms. The van der Waals surface area contributed by atoms with Gasteiger partial charge in [-0.1, -0.05) is 26.7 Å². The van der Waals surface area contributed by atoms with E-state index in [2.05, 4.69) is 19.7 Å². The summed E-state index contributed by atoms with van der Waals surface area (Å²) in [7, 11) is 0. The average Bonchev–Trinajstić information content (AvgIpc) is 1.48. The van der Waals surface area contributed by atoms with E-state index in [0.717, 1.165) is 6.92 Å². The van der Waals surface area contributed by atoms with Crippen molar-refractivity contribution >= 4 is 35.8 Å². The van der Waals surface area contributed by atoms with Crippen LogP contribution in [0.25, 0.3) is 0 Å². The van der Waals surface area contributed by atoms with E-state index in [1.165, 1.54) is 83.1 Å². The fourth-order valence-electron chi connectivity index (χ4n) is 25.0. The fourth-order valence-corrected chi connectivity index (χ4v) is 25.0. The molecule has 6 spiro atoms. The minimum absolute atomic E-state index is 0.152. The summed E-state index contributed by atoms with van der Waals surface area (Å²) in [6, 6.07) is 0. The topological polar surface area (TPSA) is 501 Å². The van der Waals surface area contributed by atoms with E-state index in [1.54, 1.807) is 0 Å². The average molecular weight is 1690 g/mol. The molecule has 24 aliphatic rings. The summed E-state index contributed by atoms with van der Waals surface area (Å²) in [5.41, 5.74) is -34.8. The summed E-state index contributed by atoms with van der Waals surface area (Å²) in [6.07, 6.45) is -21.4. The molecule has 6 saturated carbocycles. The van der Waals surface area contributed by atoms with Crippen molar-refractivity contribution in [1.29, 1.82) is 0 Å². The van der Waals surface area contributed by atoms with Crippen LogP contribution in [0.3, 0.4) is 0 Å². The molecule has 644 valence electrons. The summed E-state index contributed by atoms with van der Waals surface area (Å²) < 4.78 is 191. The molecule has 0 radical (unpaired) electrons. The Kier molecular flexibility index (Phi) is 13.2. The highest BCUT2D eigenvalue weighted by molar-refractivity contribution is 6.18. The van der Waals surface area contributed by atoms with Gasteiger partial charge in [0.1, 0.15) is 0 Å². The Balaban J connectivity index is 0.676. The Hall–Kier alpha value is -8.64. The lowest BCUT2D eigenvalue weighted by Crippen LogP contribution is -2.64. The molecule has 24 rings (SSSR count). The molecule has 0 aromatic heterocycles. The molecular formula is C78H80O42. The SMILES string of the molecule is C=C1C2(OC(=O)C3C4(OC(=O)C(CC)(C(=O)OC56CC7(OC(C)OC7(O)C5C(=O)OC57CC8(OC(C)OC8(O)C5=C)C5=C7OC(C)O5)C5=C6OC(C)O5)C(=O)OC56CC7(OC(C)OC7(O)C5C(=O)OC57CC8(OC(C)OC8(O)C5=C)C5=C7OC(C)O5)C5=C6OC(C)O5)CC5(OC(C)OC35O)C3=C4OC(C)O3)CC3(OC(C)OC13O)C1=C2OC(C)O1. The lowest BCUT2D eigenvalue weighted by atomic mass is 9.78. The standard InChI is InChI=1S/C78H80O42/c1-17-60(57(82)118-64-21-70(51-45(64)94-30(8)100-51)76(88,112-36(14)106-70)39(64)54(79)115-61-18-67(48-42(61)91-27(5)97-48)73(85,24(61)2)109-33(11)103-67,58(83)119-65-22-71(52-46(65)95-31(9)101-52)77(89,113-37(15)107-71)40(65)55(80)116-62-19-68(49-43(62)92-28(6)98-49)74(86,25(62)3)110-34(12)104-68)59(84)120-66-23-72(53-47(66)96-32(10)102-53)78(90,114-38(16)108-72)41(66)56(81)117-63-20-69(50-44(63)93-29(7)99-50)75(87,26(63)4)111-35(13)105-69/h27-41,85-90H,2-4,17-23H2,1,5-16H3. The number of esters is 6. The number of aliphatic hydroxyl groups is 6. The molecule has 33 atom stereocenters. The molecule has 12 heterocycles. The monoisotopic (exact) mass is 1690 g/mol. The van der Waals surface area contributed by atoms with Gasteiger partial charge in [0.2, 0.25) is 89.3 Å². The lowest BCUT2D eigenvalue weighted by Gasteiger charge is -2.44. The molecule has 12 aliphatic heterocycles. The van der Waals surface area contributed by atoms with Gasteiger partial charge in [0.25, 0.3) is 5.41 Å². The second-order valence-corrected chi connectivity index (χ2v) is 35.2. The van der Waals surface area contributed by atoms with Gasteiger partial charge in [0.05, 0.1) is 0 Å². The van der Waals surface area contributed by atoms with Crippen LogP contribution in [-0.4, -0.2) is 244 Å². The number of hydrogen-bond acceptors (Lipinski definition) is 42. The van der Waals surface area contributed by atoms with Crippen LogP contribution >= 0.6 is 0 Å². The van der Waals surface area contributed by atoms with Crippen molar-refractivity contribution in [2.45, 2.75) is 312 Å². The van der Waals surface area contributed by atoms with Crippen molar-refractivity contribution in [3.8, 4) is 0 Å². The predicted molar refractivity (Wildman–Crippen MR) is 359 cm³/mol. The zero-order valence-corrected chi connectivity index (χ0v) is 66.1. The number of rotatable bonds is 13. The van der Waals surface area contributed by atoms with Gasteiger partial charge in [-0.25, -0.2) is 0 Å². The molecule has 12 fully saturated rings. The van der Waals surface area contributed by atoms with E-state index in [9.17, 15) is 30.6 Å². The van der Waals surface area contributed by atoms with Crippen LogP contribution in [0.4, 0.5) is 0 Å². The van der Waals surface area contributed by atoms with Crippen molar-refractivity contribution in [2.24, 2.45) is 23.2 Å². The summed E-state index contributed by atoms with van der Waals surface area (Å²) in [4.78, 5) is 103. The molecule has 12 bridgehead atoms. The van der Waals surface area contributed by atoms with Gasteiger partial charge in [0.15, 0.2) is 175 Å². The van der Waals surface area contributed by atoms with Crippen molar-refractivity contribution in [2.75, 3.05) is 0 Å². The van der Waals surface area contributed by atoms with Gasteiger partial charge in [-0.05, 0) is 48.0 Å². The molecule has 0 amide bonds. The third kappa shape index (κ3) is 7.27. The van der Waals surface area contributed by atoms with Crippen molar-refractivity contribution in [3.05, 3.63) is 106 Å². The minimum atomic E-state index is -3.98. The van der Waals surface area contributed by atoms with Crippen LogP contribution in [0.1, 0.15) is 135 Å². The third-order valence-corrected chi connectivity index (χ3v) is 28.9. The molecule has 0 aromatic rings. The van der Waals surface area contributed by atoms with Crippen LogP contribution in [-0.2, 0) is 171 Å². The minimum Gasteiger partial charge on any atom is -0.453 e. The molecule has 120 heavy (non-hydrogen) atoms. The lowest BCUT2D eigenvalue weighted by molar-refractivity contribution is -0.259. The number of hydrogen-bond donors (Lipinski definition) is 6. The Morgan fingerprint density at radius 3 is 0.742 bits per heavy atom. The van der Waals surface area contributed by atoms with E-state index in [-0.39, 0.29) is 51.3 Å². The maximum Gasteiger partial charge on any atom is 0.336 e. The van der Waals surface area contributed by atoms with E-state index >= 15 is 28.8 Å². The molecule has 0 aromatic carbocycles. The van der Waals surface area contributed by atoms with Crippen molar-refractivity contribution in [3.63, 3.8) is 0 Å². The normalized spacial score (nSPS) is 54.8. The largest absolute Gasteiger partial charge is 0.453 e. The van der Waals surface area contributed by atoms with E-state index in [4.69, 9.17) is 142 Å². The molecule has 33 unspecified atom stereocenters. The Bertz CT molecular complexity index is 4780. The summed E-state index contributed by atoms with van der Waals surface area (Å²) in [5.74, 6) is -40.2. The van der Waals surface area contributed by atoms with E-state index in [0.29, 0.717) is 0 Å². The summed E-state index contributed by atoms with van der Waals surface area (Å²) in [5, 5.41) is 79.2. The van der Waals surface area contributed by atoms with Crippen LogP contribution in [0, 0.1) is 23.2 Å². The van der Waals surface area contributed by atoms with Crippen molar-refractivity contribution in [1.82, 2.24) is 0 Å². The first-order valence-corrected chi connectivity index (χ1v) is 39.7. The van der Waals surface area contributed by atoms with Gasteiger partial charge in [0, 0.05) is 96.8 Å². The molecular weight excluding hydrogens is 1610 g/mol. The van der Waals surface area contributed by atoms with E-state index < -0.39 is 316 Å². The highest BCUT2D eigenvalue weighted by Gasteiger charge is 2.96.